The maximum atomic E-state index is 12.5. The van der Waals surface area contributed by atoms with Crippen molar-refractivity contribution in [3.63, 3.8) is 0 Å². The number of carbonyl (C=O) groups excluding carboxylic acids is 1. The third-order valence-corrected chi connectivity index (χ3v) is 6.58. The molecular weight excluding hydrogens is 436 g/mol. The molecule has 2 aromatic carbocycles. The van der Waals surface area contributed by atoms with Crippen molar-refractivity contribution in [2.45, 2.75) is 11.4 Å². The number of thiazole rings is 1. The minimum absolute atomic E-state index is 0.221. The van der Waals surface area contributed by atoms with Gasteiger partial charge in [-0.15, -0.1) is 6.58 Å². The van der Waals surface area contributed by atoms with Crippen molar-refractivity contribution >= 4 is 43.4 Å². The molecule has 1 heterocycles. The van der Waals surface area contributed by atoms with Gasteiger partial charge in [0, 0.05) is 18.9 Å². The Kier molecular flexibility index (Phi) is 6.77. The lowest BCUT2D eigenvalue weighted by atomic mass is 10.2. The lowest BCUT2D eigenvalue weighted by molar-refractivity contribution is -0.113. The molecule has 0 fully saturated rings. The lowest BCUT2D eigenvalue weighted by Gasteiger charge is -2.07. The van der Waals surface area contributed by atoms with Gasteiger partial charge in [-0.1, -0.05) is 23.5 Å². The van der Waals surface area contributed by atoms with E-state index in [2.05, 4.69) is 11.6 Å². The molecule has 0 atom stereocenters. The Balaban J connectivity index is 1.98. The van der Waals surface area contributed by atoms with Gasteiger partial charge < -0.3 is 14.0 Å². The summed E-state index contributed by atoms with van der Waals surface area (Å²) in [5, 5.41) is 0. The zero-order chi connectivity index (χ0) is 22.6. The summed E-state index contributed by atoms with van der Waals surface area (Å²) in [6.45, 7) is 4.19. The highest BCUT2D eigenvalue weighted by Crippen LogP contribution is 2.28. The first kappa shape index (κ1) is 22.5. The predicted octanol–water partition coefficient (Wildman–Crippen LogP) is 3.45. The molecule has 162 valence electrons. The van der Waals surface area contributed by atoms with Crippen LogP contribution in [0.1, 0.15) is 5.56 Å². The average molecular weight is 459 g/mol. The molecule has 3 aromatic rings. The van der Waals surface area contributed by atoms with Crippen LogP contribution in [-0.4, -0.2) is 39.4 Å². The van der Waals surface area contributed by atoms with E-state index in [-0.39, 0.29) is 4.90 Å². The largest absolute Gasteiger partial charge is 0.493 e. The molecule has 1 aromatic heterocycles. The number of fused-ring (bicyclic) bond motifs is 1. The summed E-state index contributed by atoms with van der Waals surface area (Å²) in [6, 6.07) is 10.2. The van der Waals surface area contributed by atoms with Crippen molar-refractivity contribution in [1.29, 1.82) is 0 Å². The van der Waals surface area contributed by atoms with Gasteiger partial charge in [0.25, 0.3) is 5.91 Å². The van der Waals surface area contributed by atoms with Gasteiger partial charge in [0.15, 0.2) is 26.1 Å². The standard InChI is InChI=1S/C22H22N2O5S2/c1-5-12-24-17-9-8-16(31(4,26)27)14-20(17)30-22(24)23-21(25)11-7-15-6-10-18(28-2)19(13-15)29-3/h5-11,13-14H,1,12H2,2-4H3/b11-7-,23-22?. The van der Waals surface area contributed by atoms with E-state index in [1.807, 2.05) is 4.57 Å². The first-order valence-electron chi connectivity index (χ1n) is 9.20. The van der Waals surface area contributed by atoms with Crippen LogP contribution in [0.4, 0.5) is 0 Å². The highest BCUT2D eigenvalue weighted by molar-refractivity contribution is 7.90. The van der Waals surface area contributed by atoms with E-state index in [0.717, 1.165) is 22.0 Å². The van der Waals surface area contributed by atoms with E-state index < -0.39 is 15.7 Å². The Morgan fingerprint density at radius 3 is 2.55 bits per heavy atom. The van der Waals surface area contributed by atoms with E-state index >= 15 is 0 Å². The van der Waals surface area contributed by atoms with Gasteiger partial charge in [-0.05, 0) is 42.0 Å². The van der Waals surface area contributed by atoms with Crippen molar-refractivity contribution in [2.75, 3.05) is 20.5 Å². The van der Waals surface area contributed by atoms with Crippen LogP contribution in [0.25, 0.3) is 16.3 Å². The molecule has 0 saturated heterocycles. The van der Waals surface area contributed by atoms with E-state index in [0.29, 0.717) is 22.8 Å². The summed E-state index contributed by atoms with van der Waals surface area (Å²) in [4.78, 5) is 17.4. The normalized spacial score (nSPS) is 12.4. The first-order valence-corrected chi connectivity index (χ1v) is 11.9. The second-order valence-corrected chi connectivity index (χ2v) is 9.61. The number of methoxy groups -OCH3 is 2. The molecule has 0 saturated carbocycles. The van der Waals surface area contributed by atoms with Crippen LogP contribution in [0, 0.1) is 0 Å². The number of nitrogens with zero attached hydrogens (tertiary/aromatic N) is 2. The molecule has 0 aliphatic rings. The predicted molar refractivity (Wildman–Crippen MR) is 122 cm³/mol. The number of amides is 1. The Morgan fingerprint density at radius 1 is 1.16 bits per heavy atom. The molecule has 0 aliphatic carbocycles. The van der Waals surface area contributed by atoms with Crippen LogP contribution in [-0.2, 0) is 21.2 Å². The first-order chi connectivity index (χ1) is 14.8. The van der Waals surface area contributed by atoms with Gasteiger partial charge in [-0.3, -0.25) is 4.79 Å². The van der Waals surface area contributed by atoms with Crippen molar-refractivity contribution in [2.24, 2.45) is 4.99 Å². The summed E-state index contributed by atoms with van der Waals surface area (Å²) >= 11 is 1.25. The van der Waals surface area contributed by atoms with E-state index in [4.69, 9.17) is 9.47 Å². The van der Waals surface area contributed by atoms with Gasteiger partial charge in [-0.2, -0.15) is 4.99 Å². The summed E-state index contributed by atoms with van der Waals surface area (Å²) < 4.78 is 36.7. The number of sulfone groups is 1. The molecule has 0 radical (unpaired) electrons. The molecule has 0 N–H and O–H groups in total. The summed E-state index contributed by atoms with van der Waals surface area (Å²) in [6.07, 6.45) is 5.86. The maximum absolute atomic E-state index is 12.5. The molecule has 0 unspecified atom stereocenters. The van der Waals surface area contributed by atoms with Crippen LogP contribution in [0.5, 0.6) is 11.5 Å². The van der Waals surface area contributed by atoms with E-state index in [1.165, 1.54) is 17.4 Å². The maximum Gasteiger partial charge on any atom is 0.272 e. The summed E-state index contributed by atoms with van der Waals surface area (Å²) in [5.41, 5.74) is 1.54. The van der Waals surface area contributed by atoms with Crippen molar-refractivity contribution in [3.05, 3.63) is 65.5 Å². The molecule has 31 heavy (non-hydrogen) atoms. The molecular formula is C22H22N2O5S2. The van der Waals surface area contributed by atoms with Crippen LogP contribution < -0.4 is 14.3 Å². The van der Waals surface area contributed by atoms with E-state index in [9.17, 15) is 13.2 Å². The second kappa shape index (κ2) is 9.32. The number of aromatic nitrogens is 1. The number of hydrogen-bond donors (Lipinski definition) is 0. The van der Waals surface area contributed by atoms with Crippen LogP contribution in [0.3, 0.4) is 0 Å². The smallest absolute Gasteiger partial charge is 0.272 e. The quantitative estimate of drug-likeness (QED) is 0.400. The van der Waals surface area contributed by atoms with Crippen molar-refractivity contribution in [3.8, 4) is 11.5 Å². The number of benzene rings is 2. The Hall–Kier alpha value is -3.17. The molecule has 0 bridgehead atoms. The van der Waals surface area contributed by atoms with Crippen LogP contribution in [0.2, 0.25) is 0 Å². The van der Waals surface area contributed by atoms with Crippen molar-refractivity contribution in [1.82, 2.24) is 4.57 Å². The monoisotopic (exact) mass is 458 g/mol. The molecule has 1 amide bonds. The lowest BCUT2D eigenvalue weighted by Crippen LogP contribution is -2.15. The number of allylic oxidation sites excluding steroid dienone is 1. The fourth-order valence-corrected chi connectivity index (χ4v) is 4.74. The SMILES string of the molecule is C=CCn1c(=NC(=O)/C=C\c2ccc(OC)c(OC)c2)sc2cc(S(C)(=O)=O)ccc21. The van der Waals surface area contributed by atoms with Gasteiger partial charge >= 0.3 is 0 Å². The summed E-state index contributed by atoms with van der Waals surface area (Å²) in [7, 11) is -0.238. The minimum atomic E-state index is -3.33. The zero-order valence-corrected chi connectivity index (χ0v) is 19.0. The fourth-order valence-electron chi connectivity index (χ4n) is 2.93. The zero-order valence-electron chi connectivity index (χ0n) is 17.4. The second-order valence-electron chi connectivity index (χ2n) is 6.58. The molecule has 0 spiro atoms. The van der Waals surface area contributed by atoms with Crippen LogP contribution in [0.15, 0.2) is 65.0 Å². The van der Waals surface area contributed by atoms with Crippen LogP contribution >= 0.6 is 11.3 Å². The Morgan fingerprint density at radius 2 is 1.90 bits per heavy atom. The van der Waals surface area contributed by atoms with E-state index in [1.54, 1.807) is 62.8 Å². The highest BCUT2D eigenvalue weighted by atomic mass is 32.2. The van der Waals surface area contributed by atoms with Gasteiger partial charge in [-0.25, -0.2) is 8.42 Å². The number of carbonyl (C=O) groups is 1. The molecule has 0 aliphatic heterocycles. The minimum Gasteiger partial charge on any atom is -0.493 e. The number of ether oxygens (including phenoxy) is 2. The third-order valence-electron chi connectivity index (χ3n) is 4.43. The number of hydrogen-bond acceptors (Lipinski definition) is 6. The Labute approximate surface area is 184 Å². The average Bonchev–Trinajstić information content (AvgIpc) is 3.07. The number of rotatable bonds is 7. The summed E-state index contributed by atoms with van der Waals surface area (Å²) in [5.74, 6) is 0.714. The molecule has 7 nitrogen and oxygen atoms in total. The molecule has 9 heteroatoms. The fraction of sp³-hybridized carbons (Fsp3) is 0.182. The third kappa shape index (κ3) is 5.12. The Bertz CT molecular complexity index is 1350. The van der Waals surface area contributed by atoms with Gasteiger partial charge in [0.2, 0.25) is 0 Å². The molecule has 3 rings (SSSR count). The van der Waals surface area contributed by atoms with Gasteiger partial charge in [0.05, 0.1) is 29.3 Å². The van der Waals surface area contributed by atoms with Gasteiger partial charge in [0.1, 0.15) is 0 Å². The highest BCUT2D eigenvalue weighted by Gasteiger charge is 2.12. The van der Waals surface area contributed by atoms with Crippen molar-refractivity contribution < 1.29 is 22.7 Å². The topological polar surface area (TPSA) is 87.0 Å².